The highest BCUT2D eigenvalue weighted by molar-refractivity contribution is 6.29. The van der Waals surface area contributed by atoms with Gasteiger partial charge in [-0.25, -0.2) is 0 Å². The average Bonchev–Trinajstić information content (AvgIpc) is 2.49. The van der Waals surface area contributed by atoms with Crippen LogP contribution in [0.5, 0.6) is 0 Å². The molecule has 1 fully saturated rings. The number of carbonyl (C=O) groups excluding carboxylic acids is 1. The fourth-order valence-corrected chi connectivity index (χ4v) is 1.58. The third kappa shape index (κ3) is 1.63. The third-order valence-electron chi connectivity index (χ3n) is 2.29. The Labute approximate surface area is 86.1 Å². The standard InChI is InChI=1S/C9H10ClNO3/c10-8-2-1-7(14-8)9(13)11-3-6(4-11)5-12/h1-2,6,12H,3-5H2. The Hall–Kier alpha value is -1.00. The SMILES string of the molecule is O=C(c1ccc(Cl)o1)N1CC(CO)C1. The lowest BCUT2D eigenvalue weighted by Crippen LogP contribution is -2.51. The number of hydrogen-bond acceptors (Lipinski definition) is 3. The van der Waals surface area contributed by atoms with Crippen LogP contribution in [0.2, 0.25) is 5.22 Å². The molecule has 1 N–H and O–H groups in total. The number of nitrogens with zero attached hydrogens (tertiary/aromatic N) is 1. The van der Waals surface area contributed by atoms with Gasteiger partial charge in [0, 0.05) is 25.6 Å². The first-order valence-electron chi connectivity index (χ1n) is 4.36. The molecule has 1 amide bonds. The first kappa shape index (κ1) is 9.55. The lowest BCUT2D eigenvalue weighted by atomic mass is 10.0. The summed E-state index contributed by atoms with van der Waals surface area (Å²) >= 11 is 5.55. The van der Waals surface area contributed by atoms with Gasteiger partial charge < -0.3 is 14.4 Å². The minimum absolute atomic E-state index is 0.128. The van der Waals surface area contributed by atoms with Crippen LogP contribution < -0.4 is 0 Å². The van der Waals surface area contributed by atoms with E-state index in [1.807, 2.05) is 0 Å². The van der Waals surface area contributed by atoms with Crippen molar-refractivity contribution in [1.29, 1.82) is 0 Å². The van der Waals surface area contributed by atoms with Crippen molar-refractivity contribution in [2.75, 3.05) is 19.7 Å². The molecule has 1 saturated heterocycles. The van der Waals surface area contributed by atoms with Crippen LogP contribution in [0, 0.1) is 5.92 Å². The van der Waals surface area contributed by atoms with Crippen LogP contribution in [-0.4, -0.2) is 35.6 Å². The first-order chi connectivity index (χ1) is 6.70. The minimum atomic E-state index is -0.165. The van der Waals surface area contributed by atoms with Gasteiger partial charge >= 0.3 is 0 Å². The zero-order chi connectivity index (χ0) is 10.1. The molecule has 1 aromatic heterocycles. The predicted octanol–water partition coefficient (Wildman–Crippen LogP) is 0.997. The smallest absolute Gasteiger partial charge is 0.289 e. The van der Waals surface area contributed by atoms with Crippen LogP contribution in [0.25, 0.3) is 0 Å². The molecule has 0 atom stereocenters. The zero-order valence-electron chi connectivity index (χ0n) is 7.44. The second-order valence-corrected chi connectivity index (χ2v) is 3.74. The maximum absolute atomic E-state index is 11.6. The molecule has 0 radical (unpaired) electrons. The molecule has 0 unspecified atom stereocenters. The lowest BCUT2D eigenvalue weighted by molar-refractivity contribution is 0.0334. The summed E-state index contributed by atoms with van der Waals surface area (Å²) in [6, 6.07) is 3.09. The number of halogens is 1. The topological polar surface area (TPSA) is 53.7 Å². The number of carbonyl (C=O) groups is 1. The third-order valence-corrected chi connectivity index (χ3v) is 2.49. The van der Waals surface area contributed by atoms with Gasteiger partial charge in [-0.05, 0) is 23.7 Å². The van der Waals surface area contributed by atoms with Gasteiger partial charge in [0.2, 0.25) is 0 Å². The van der Waals surface area contributed by atoms with E-state index in [0.29, 0.717) is 13.1 Å². The van der Waals surface area contributed by atoms with E-state index in [4.69, 9.17) is 21.1 Å². The van der Waals surface area contributed by atoms with Crippen molar-refractivity contribution in [2.24, 2.45) is 5.92 Å². The van der Waals surface area contributed by atoms with Gasteiger partial charge in [-0.2, -0.15) is 0 Å². The molecule has 1 aliphatic rings. The van der Waals surface area contributed by atoms with E-state index in [1.54, 1.807) is 11.0 Å². The quantitative estimate of drug-likeness (QED) is 0.801. The normalized spacial score (nSPS) is 16.9. The van der Waals surface area contributed by atoms with E-state index < -0.39 is 0 Å². The van der Waals surface area contributed by atoms with Gasteiger partial charge in [0.1, 0.15) is 0 Å². The molecule has 0 aliphatic carbocycles. The van der Waals surface area contributed by atoms with Gasteiger partial charge in [0.15, 0.2) is 11.0 Å². The minimum Gasteiger partial charge on any atom is -0.440 e. The molecule has 2 heterocycles. The Balaban J connectivity index is 1.97. The molecule has 0 spiro atoms. The Morgan fingerprint density at radius 1 is 1.64 bits per heavy atom. The second kappa shape index (κ2) is 3.63. The van der Waals surface area contributed by atoms with E-state index in [-0.39, 0.29) is 29.4 Å². The first-order valence-corrected chi connectivity index (χ1v) is 4.74. The molecule has 0 saturated carbocycles. The van der Waals surface area contributed by atoms with Crippen LogP contribution in [0.4, 0.5) is 0 Å². The summed E-state index contributed by atoms with van der Waals surface area (Å²) in [5, 5.41) is 8.99. The highest BCUT2D eigenvalue weighted by atomic mass is 35.5. The van der Waals surface area contributed by atoms with Crippen LogP contribution in [0.1, 0.15) is 10.6 Å². The van der Waals surface area contributed by atoms with E-state index in [9.17, 15) is 4.79 Å². The van der Waals surface area contributed by atoms with Gasteiger partial charge in [0.25, 0.3) is 5.91 Å². The molecule has 1 aromatic rings. The number of hydrogen-bond donors (Lipinski definition) is 1. The molecular weight excluding hydrogens is 206 g/mol. The average molecular weight is 216 g/mol. The summed E-state index contributed by atoms with van der Waals surface area (Å²) < 4.78 is 4.98. The lowest BCUT2D eigenvalue weighted by Gasteiger charge is -2.37. The summed E-state index contributed by atoms with van der Waals surface area (Å²) in [5.41, 5.74) is 0. The molecule has 5 heteroatoms. The van der Waals surface area contributed by atoms with Crippen molar-refractivity contribution in [3.8, 4) is 0 Å². The summed E-state index contributed by atoms with van der Waals surface area (Å²) in [6.45, 7) is 1.31. The Kier molecular flexibility index (Phi) is 2.48. The van der Waals surface area contributed by atoms with E-state index >= 15 is 0 Å². The largest absolute Gasteiger partial charge is 0.440 e. The number of likely N-dealkylation sites (tertiary alicyclic amines) is 1. The van der Waals surface area contributed by atoms with E-state index in [0.717, 1.165) is 0 Å². The fourth-order valence-electron chi connectivity index (χ4n) is 1.44. The van der Waals surface area contributed by atoms with Crippen molar-refractivity contribution < 1.29 is 14.3 Å². The summed E-state index contributed by atoms with van der Waals surface area (Å²) in [4.78, 5) is 13.2. The molecule has 76 valence electrons. The summed E-state index contributed by atoms with van der Waals surface area (Å²) in [7, 11) is 0. The van der Waals surface area contributed by atoms with Crippen molar-refractivity contribution in [2.45, 2.75) is 0 Å². The maximum atomic E-state index is 11.6. The van der Waals surface area contributed by atoms with Crippen molar-refractivity contribution >= 4 is 17.5 Å². The fraction of sp³-hybridized carbons (Fsp3) is 0.444. The number of furan rings is 1. The molecule has 0 bridgehead atoms. The van der Waals surface area contributed by atoms with Gasteiger partial charge in [-0.3, -0.25) is 4.79 Å². The van der Waals surface area contributed by atoms with Crippen molar-refractivity contribution in [3.05, 3.63) is 23.1 Å². The monoisotopic (exact) mass is 215 g/mol. The molecule has 2 rings (SSSR count). The summed E-state index contributed by atoms with van der Waals surface area (Å²) in [6.07, 6.45) is 0. The number of aliphatic hydroxyl groups is 1. The van der Waals surface area contributed by atoms with Crippen LogP contribution >= 0.6 is 11.6 Å². The van der Waals surface area contributed by atoms with Gasteiger partial charge in [-0.15, -0.1) is 0 Å². The molecule has 0 aromatic carbocycles. The highest BCUT2D eigenvalue weighted by Gasteiger charge is 2.31. The van der Waals surface area contributed by atoms with E-state index in [1.165, 1.54) is 6.07 Å². The summed E-state index contributed by atoms with van der Waals surface area (Å²) in [5.74, 6) is 0.303. The molecule has 4 nitrogen and oxygen atoms in total. The Bertz CT molecular complexity index is 344. The number of rotatable bonds is 2. The predicted molar refractivity (Wildman–Crippen MR) is 50.2 cm³/mol. The second-order valence-electron chi connectivity index (χ2n) is 3.36. The van der Waals surface area contributed by atoms with Crippen molar-refractivity contribution in [1.82, 2.24) is 4.90 Å². The van der Waals surface area contributed by atoms with Crippen LogP contribution in [0.15, 0.2) is 16.5 Å². The highest BCUT2D eigenvalue weighted by Crippen LogP contribution is 2.20. The van der Waals surface area contributed by atoms with Gasteiger partial charge in [0.05, 0.1) is 0 Å². The van der Waals surface area contributed by atoms with E-state index in [2.05, 4.69) is 0 Å². The Morgan fingerprint density at radius 2 is 2.36 bits per heavy atom. The molecular formula is C9H10ClNO3. The zero-order valence-corrected chi connectivity index (χ0v) is 8.20. The number of amides is 1. The molecule has 1 aliphatic heterocycles. The van der Waals surface area contributed by atoms with Crippen LogP contribution in [-0.2, 0) is 0 Å². The van der Waals surface area contributed by atoms with Gasteiger partial charge in [-0.1, -0.05) is 0 Å². The molecule has 14 heavy (non-hydrogen) atoms. The maximum Gasteiger partial charge on any atom is 0.289 e. The van der Waals surface area contributed by atoms with Crippen molar-refractivity contribution in [3.63, 3.8) is 0 Å². The Morgan fingerprint density at radius 3 is 2.86 bits per heavy atom. The number of aliphatic hydroxyl groups excluding tert-OH is 1. The van der Waals surface area contributed by atoms with Crippen LogP contribution in [0.3, 0.4) is 0 Å².